The molecule has 5 nitrogen and oxygen atoms in total. The van der Waals surface area contributed by atoms with E-state index in [-0.39, 0.29) is 0 Å². The maximum atomic E-state index is 5.30. The largest absolute Gasteiger partial charge is 0.497 e. The molecule has 0 aliphatic rings. The van der Waals surface area contributed by atoms with Gasteiger partial charge in [0.05, 0.1) is 14.2 Å². The van der Waals surface area contributed by atoms with Gasteiger partial charge in [-0.2, -0.15) is 0 Å². The van der Waals surface area contributed by atoms with Crippen LogP contribution in [0.25, 0.3) is 22.5 Å². The van der Waals surface area contributed by atoms with Gasteiger partial charge >= 0.3 is 0 Å². The van der Waals surface area contributed by atoms with Crippen molar-refractivity contribution in [2.24, 2.45) is 5.41 Å². The summed E-state index contributed by atoms with van der Waals surface area (Å²) >= 11 is 1.66. The van der Waals surface area contributed by atoms with Crippen LogP contribution in [0.3, 0.4) is 0 Å². The molecule has 0 atom stereocenters. The molecule has 0 radical (unpaired) electrons. The van der Waals surface area contributed by atoms with E-state index in [9.17, 15) is 0 Å². The Morgan fingerprint density at radius 2 is 1.30 bits per heavy atom. The molecule has 0 aliphatic heterocycles. The third-order valence-corrected chi connectivity index (χ3v) is 5.62. The number of benzene rings is 2. The fourth-order valence-corrected chi connectivity index (χ4v) is 3.76. The third-order valence-electron chi connectivity index (χ3n) is 4.70. The molecule has 2 aromatic carbocycles. The molecule has 3 aromatic rings. The SMILES string of the molecule is COc1ccc(-c2nnc(SCCCC(C)(C)C)nc2-c2ccc(OC)cc2)cc1. The molecule has 0 unspecified atom stereocenters. The standard InChI is InChI=1S/C24H29N3O2S/c1-24(2,3)15-6-16-30-23-25-21(17-7-11-19(28-4)12-8-17)22(26-27-23)18-9-13-20(29-5)14-10-18/h7-14H,6,15-16H2,1-5H3. The smallest absolute Gasteiger partial charge is 0.209 e. The molecule has 6 heteroatoms. The highest BCUT2D eigenvalue weighted by atomic mass is 32.2. The Labute approximate surface area is 183 Å². The third kappa shape index (κ3) is 5.95. The second-order valence-corrected chi connectivity index (χ2v) is 9.32. The van der Waals surface area contributed by atoms with E-state index in [4.69, 9.17) is 14.5 Å². The average Bonchev–Trinajstić information content (AvgIpc) is 2.76. The van der Waals surface area contributed by atoms with E-state index in [2.05, 4.69) is 31.0 Å². The highest BCUT2D eigenvalue weighted by Crippen LogP contribution is 2.32. The van der Waals surface area contributed by atoms with E-state index < -0.39 is 0 Å². The number of thioether (sulfide) groups is 1. The Hall–Kier alpha value is -2.60. The van der Waals surface area contributed by atoms with E-state index in [0.717, 1.165) is 46.2 Å². The predicted octanol–water partition coefficient (Wildman–Crippen LogP) is 6.14. The van der Waals surface area contributed by atoms with Crippen molar-refractivity contribution >= 4 is 11.8 Å². The second kappa shape index (κ2) is 9.94. The van der Waals surface area contributed by atoms with Crippen molar-refractivity contribution in [3.63, 3.8) is 0 Å². The minimum atomic E-state index is 0.339. The van der Waals surface area contributed by atoms with E-state index in [1.165, 1.54) is 6.42 Å². The summed E-state index contributed by atoms with van der Waals surface area (Å²) in [5, 5.41) is 9.64. The van der Waals surface area contributed by atoms with Gasteiger partial charge in [0.2, 0.25) is 5.16 Å². The lowest BCUT2D eigenvalue weighted by Gasteiger charge is -2.17. The quantitative estimate of drug-likeness (QED) is 0.320. The molecule has 1 heterocycles. The minimum absolute atomic E-state index is 0.339. The van der Waals surface area contributed by atoms with Gasteiger partial charge in [0.25, 0.3) is 0 Å². The molecule has 0 amide bonds. The van der Waals surface area contributed by atoms with Crippen molar-refractivity contribution in [3.8, 4) is 34.0 Å². The zero-order valence-electron chi connectivity index (χ0n) is 18.3. The lowest BCUT2D eigenvalue weighted by atomic mass is 9.91. The molecule has 0 saturated carbocycles. The Balaban J connectivity index is 1.90. The Morgan fingerprint density at radius 3 is 1.80 bits per heavy atom. The van der Waals surface area contributed by atoms with Gasteiger partial charge in [0.1, 0.15) is 22.9 Å². The van der Waals surface area contributed by atoms with Gasteiger partial charge in [-0.25, -0.2) is 4.98 Å². The van der Waals surface area contributed by atoms with Crippen molar-refractivity contribution in [1.82, 2.24) is 15.2 Å². The van der Waals surface area contributed by atoms with Gasteiger partial charge < -0.3 is 9.47 Å². The maximum absolute atomic E-state index is 5.30. The first-order valence-corrected chi connectivity index (χ1v) is 11.0. The average molecular weight is 424 g/mol. The maximum Gasteiger partial charge on any atom is 0.209 e. The van der Waals surface area contributed by atoms with Crippen LogP contribution in [0.4, 0.5) is 0 Å². The Bertz CT molecular complexity index is 952. The summed E-state index contributed by atoms with van der Waals surface area (Å²) in [6.45, 7) is 6.80. The van der Waals surface area contributed by atoms with Crippen molar-refractivity contribution < 1.29 is 9.47 Å². The van der Waals surface area contributed by atoms with Gasteiger partial charge in [-0.05, 0) is 66.8 Å². The van der Waals surface area contributed by atoms with Crippen LogP contribution in [-0.4, -0.2) is 35.2 Å². The molecular weight excluding hydrogens is 394 g/mol. The molecule has 3 rings (SSSR count). The Kier molecular flexibility index (Phi) is 7.32. The van der Waals surface area contributed by atoms with Gasteiger partial charge in [0, 0.05) is 16.9 Å². The molecule has 0 saturated heterocycles. The number of hydrogen-bond acceptors (Lipinski definition) is 6. The van der Waals surface area contributed by atoms with Crippen LogP contribution in [-0.2, 0) is 0 Å². The van der Waals surface area contributed by atoms with Crippen molar-refractivity contribution in [3.05, 3.63) is 48.5 Å². The molecule has 0 spiro atoms. The van der Waals surface area contributed by atoms with E-state index in [1.807, 2.05) is 48.5 Å². The summed E-state index contributed by atoms with van der Waals surface area (Å²) in [6, 6.07) is 15.7. The zero-order valence-corrected chi connectivity index (χ0v) is 19.1. The predicted molar refractivity (Wildman–Crippen MR) is 123 cm³/mol. The topological polar surface area (TPSA) is 57.1 Å². The molecule has 0 N–H and O–H groups in total. The molecular formula is C24H29N3O2S. The summed E-state index contributed by atoms with van der Waals surface area (Å²) in [6.07, 6.45) is 2.29. The van der Waals surface area contributed by atoms with Gasteiger partial charge in [-0.15, -0.1) is 10.2 Å². The van der Waals surface area contributed by atoms with Crippen LogP contribution < -0.4 is 9.47 Å². The number of nitrogens with zero attached hydrogens (tertiary/aromatic N) is 3. The summed E-state index contributed by atoms with van der Waals surface area (Å²) in [4.78, 5) is 4.87. The lowest BCUT2D eigenvalue weighted by Crippen LogP contribution is -2.05. The van der Waals surface area contributed by atoms with Gasteiger partial charge in [-0.3, -0.25) is 0 Å². The first kappa shape index (κ1) is 22.1. The van der Waals surface area contributed by atoms with Crippen LogP contribution >= 0.6 is 11.8 Å². The van der Waals surface area contributed by atoms with E-state index in [1.54, 1.807) is 26.0 Å². The molecule has 0 aliphatic carbocycles. The normalized spacial score (nSPS) is 11.4. The molecule has 30 heavy (non-hydrogen) atoms. The summed E-state index contributed by atoms with van der Waals surface area (Å²) < 4.78 is 10.6. The van der Waals surface area contributed by atoms with Crippen LogP contribution in [0, 0.1) is 5.41 Å². The Morgan fingerprint density at radius 1 is 0.767 bits per heavy atom. The molecule has 1 aromatic heterocycles. The molecule has 0 bridgehead atoms. The van der Waals surface area contributed by atoms with Crippen molar-refractivity contribution in [2.45, 2.75) is 38.8 Å². The molecule has 158 valence electrons. The first-order valence-electron chi connectivity index (χ1n) is 10.1. The monoisotopic (exact) mass is 423 g/mol. The highest BCUT2D eigenvalue weighted by molar-refractivity contribution is 7.99. The summed E-state index contributed by atoms with van der Waals surface area (Å²) in [5.74, 6) is 2.59. The first-order chi connectivity index (χ1) is 14.4. The van der Waals surface area contributed by atoms with Crippen LogP contribution in [0.15, 0.2) is 53.7 Å². The van der Waals surface area contributed by atoms with Crippen molar-refractivity contribution in [1.29, 1.82) is 0 Å². The van der Waals surface area contributed by atoms with Gasteiger partial charge in [-0.1, -0.05) is 32.5 Å². The minimum Gasteiger partial charge on any atom is -0.497 e. The number of methoxy groups -OCH3 is 2. The van der Waals surface area contributed by atoms with Crippen LogP contribution in [0.5, 0.6) is 11.5 Å². The number of ether oxygens (including phenoxy) is 2. The summed E-state index contributed by atoms with van der Waals surface area (Å²) in [7, 11) is 3.32. The second-order valence-electron chi connectivity index (χ2n) is 8.26. The van der Waals surface area contributed by atoms with Crippen molar-refractivity contribution in [2.75, 3.05) is 20.0 Å². The van der Waals surface area contributed by atoms with Crippen LogP contribution in [0.2, 0.25) is 0 Å². The lowest BCUT2D eigenvalue weighted by molar-refractivity contribution is 0.374. The van der Waals surface area contributed by atoms with Gasteiger partial charge in [0.15, 0.2) is 0 Å². The number of aromatic nitrogens is 3. The highest BCUT2D eigenvalue weighted by Gasteiger charge is 2.15. The number of hydrogen-bond donors (Lipinski definition) is 0. The number of rotatable bonds is 8. The fraction of sp³-hybridized carbons (Fsp3) is 0.375. The van der Waals surface area contributed by atoms with Crippen LogP contribution in [0.1, 0.15) is 33.6 Å². The van der Waals surface area contributed by atoms with E-state index in [0.29, 0.717) is 10.6 Å². The summed E-state index contributed by atoms with van der Waals surface area (Å²) in [5.41, 5.74) is 3.84. The van der Waals surface area contributed by atoms with E-state index >= 15 is 0 Å². The fourth-order valence-electron chi connectivity index (χ4n) is 3.03. The molecule has 0 fully saturated rings. The zero-order chi connectivity index (χ0) is 21.6.